The molecule has 0 spiro atoms. The summed E-state index contributed by atoms with van der Waals surface area (Å²) in [6.45, 7) is 3.92. The summed E-state index contributed by atoms with van der Waals surface area (Å²) in [6, 6.07) is 5.24. The Bertz CT molecular complexity index is 350. The highest BCUT2D eigenvalue weighted by molar-refractivity contribution is 9.08. The molecule has 1 aromatic rings. The molecule has 1 rings (SSSR count). The number of hydrogen-bond acceptors (Lipinski definition) is 2. The summed E-state index contributed by atoms with van der Waals surface area (Å²) in [5.74, 6) is 0.175. The highest BCUT2D eigenvalue weighted by atomic mass is 79.9. The maximum atomic E-state index is 10.7. The lowest BCUT2D eigenvalue weighted by molar-refractivity contribution is -0.385. The van der Waals surface area contributed by atoms with E-state index in [1.165, 1.54) is 0 Å². The Morgan fingerprint density at radius 1 is 1.50 bits per heavy atom. The van der Waals surface area contributed by atoms with Crippen LogP contribution in [0.2, 0.25) is 0 Å². The van der Waals surface area contributed by atoms with Gasteiger partial charge in [0.1, 0.15) is 0 Å². The number of rotatable bonds is 3. The van der Waals surface area contributed by atoms with E-state index in [-0.39, 0.29) is 16.5 Å². The molecule has 0 atom stereocenters. The molecule has 14 heavy (non-hydrogen) atoms. The topological polar surface area (TPSA) is 43.1 Å². The van der Waals surface area contributed by atoms with Gasteiger partial charge in [-0.3, -0.25) is 10.1 Å². The molecule has 0 N–H and O–H groups in total. The molecule has 0 saturated heterocycles. The quantitative estimate of drug-likeness (QED) is 0.472. The molecule has 0 heterocycles. The average molecular weight is 258 g/mol. The van der Waals surface area contributed by atoms with E-state index in [9.17, 15) is 10.1 Å². The molecular weight excluding hydrogens is 246 g/mol. The predicted molar refractivity (Wildman–Crippen MR) is 59.8 cm³/mol. The maximum absolute atomic E-state index is 10.7. The van der Waals surface area contributed by atoms with Crippen LogP contribution < -0.4 is 0 Å². The summed E-state index contributed by atoms with van der Waals surface area (Å²) in [4.78, 5) is 10.4. The summed E-state index contributed by atoms with van der Waals surface area (Å²) < 4.78 is 0. The maximum Gasteiger partial charge on any atom is 0.272 e. The van der Waals surface area contributed by atoms with Crippen molar-refractivity contribution in [1.82, 2.24) is 0 Å². The van der Waals surface area contributed by atoms with E-state index in [1.807, 2.05) is 19.9 Å². The Kier molecular flexibility index (Phi) is 3.63. The summed E-state index contributed by atoms with van der Waals surface area (Å²) in [6.07, 6.45) is 0. The van der Waals surface area contributed by atoms with Crippen molar-refractivity contribution in [3.05, 3.63) is 39.4 Å². The summed E-state index contributed by atoms with van der Waals surface area (Å²) in [5, 5.41) is 11.4. The van der Waals surface area contributed by atoms with Crippen LogP contribution in [0.5, 0.6) is 0 Å². The van der Waals surface area contributed by atoms with Crippen molar-refractivity contribution in [2.45, 2.75) is 25.1 Å². The largest absolute Gasteiger partial charge is 0.272 e. The van der Waals surface area contributed by atoms with Gasteiger partial charge in [0.05, 0.1) is 4.92 Å². The van der Waals surface area contributed by atoms with Gasteiger partial charge in [0.25, 0.3) is 5.69 Å². The third kappa shape index (κ3) is 2.32. The van der Waals surface area contributed by atoms with Crippen molar-refractivity contribution in [3.63, 3.8) is 0 Å². The predicted octanol–water partition coefficient (Wildman–Crippen LogP) is 3.61. The van der Waals surface area contributed by atoms with Crippen LogP contribution >= 0.6 is 15.9 Å². The van der Waals surface area contributed by atoms with Crippen LogP contribution in [-0.2, 0) is 5.33 Å². The van der Waals surface area contributed by atoms with Gasteiger partial charge >= 0.3 is 0 Å². The monoisotopic (exact) mass is 257 g/mol. The van der Waals surface area contributed by atoms with Crippen molar-refractivity contribution in [2.24, 2.45) is 0 Å². The fourth-order valence-corrected chi connectivity index (χ4v) is 1.66. The summed E-state index contributed by atoms with van der Waals surface area (Å²) in [5.41, 5.74) is 2.08. The third-order valence-corrected chi connectivity index (χ3v) is 2.71. The molecule has 0 aromatic heterocycles. The first-order valence-corrected chi connectivity index (χ1v) is 5.51. The second-order valence-corrected chi connectivity index (χ2v) is 4.00. The van der Waals surface area contributed by atoms with Crippen LogP contribution in [0.25, 0.3) is 0 Å². The number of hydrogen-bond donors (Lipinski definition) is 0. The van der Waals surface area contributed by atoms with E-state index in [4.69, 9.17) is 0 Å². The lowest BCUT2D eigenvalue weighted by atomic mass is 9.99. The van der Waals surface area contributed by atoms with Crippen LogP contribution in [-0.4, -0.2) is 4.92 Å². The van der Waals surface area contributed by atoms with Crippen molar-refractivity contribution in [1.29, 1.82) is 0 Å². The van der Waals surface area contributed by atoms with E-state index < -0.39 is 0 Å². The molecule has 0 aliphatic rings. The van der Waals surface area contributed by atoms with Crippen molar-refractivity contribution in [3.8, 4) is 0 Å². The lowest BCUT2D eigenvalue weighted by Gasteiger charge is -2.07. The van der Waals surface area contributed by atoms with Crippen molar-refractivity contribution in [2.75, 3.05) is 0 Å². The molecule has 3 nitrogen and oxygen atoms in total. The van der Waals surface area contributed by atoms with E-state index in [0.717, 1.165) is 16.5 Å². The van der Waals surface area contributed by atoms with Crippen LogP contribution in [0.1, 0.15) is 30.9 Å². The van der Waals surface area contributed by atoms with E-state index in [0.29, 0.717) is 0 Å². The van der Waals surface area contributed by atoms with Gasteiger partial charge in [-0.05, 0) is 17.5 Å². The minimum atomic E-state index is -0.326. The van der Waals surface area contributed by atoms with Crippen LogP contribution in [0.4, 0.5) is 5.69 Å². The van der Waals surface area contributed by atoms with Gasteiger partial charge in [-0.15, -0.1) is 0 Å². The van der Waals surface area contributed by atoms with Gasteiger partial charge in [0, 0.05) is 17.0 Å². The number of nitro benzene ring substituents is 1. The Balaban J connectivity index is 3.24. The number of halogens is 1. The smallest absolute Gasteiger partial charge is 0.258 e. The van der Waals surface area contributed by atoms with E-state index in [1.54, 1.807) is 12.1 Å². The highest BCUT2D eigenvalue weighted by Crippen LogP contribution is 2.27. The van der Waals surface area contributed by atoms with Crippen molar-refractivity contribution < 1.29 is 4.92 Å². The zero-order chi connectivity index (χ0) is 10.7. The first-order valence-electron chi connectivity index (χ1n) is 4.39. The minimum absolute atomic E-state index is 0.175. The van der Waals surface area contributed by atoms with Gasteiger partial charge in [-0.25, -0.2) is 0 Å². The second-order valence-electron chi connectivity index (χ2n) is 3.44. The number of nitro groups is 1. The second kappa shape index (κ2) is 4.55. The fraction of sp³-hybridized carbons (Fsp3) is 0.400. The number of nitrogens with zero attached hydrogens (tertiary/aromatic N) is 1. The Morgan fingerprint density at radius 2 is 2.14 bits per heavy atom. The average Bonchev–Trinajstić information content (AvgIpc) is 2.16. The fourth-order valence-electron chi connectivity index (χ4n) is 1.32. The standard InChI is InChI=1S/C10H12BrNO2/c1-7(2)9-5-8(6-11)3-4-10(9)12(13)14/h3-5,7H,6H2,1-2H3. The molecule has 4 heteroatoms. The minimum Gasteiger partial charge on any atom is -0.258 e. The van der Waals surface area contributed by atoms with Gasteiger partial charge < -0.3 is 0 Å². The lowest BCUT2D eigenvalue weighted by Crippen LogP contribution is -1.98. The molecule has 76 valence electrons. The van der Waals surface area contributed by atoms with Gasteiger partial charge in [0.15, 0.2) is 0 Å². The first-order chi connectivity index (χ1) is 6.56. The van der Waals surface area contributed by atoms with Crippen LogP contribution in [0.3, 0.4) is 0 Å². The van der Waals surface area contributed by atoms with E-state index >= 15 is 0 Å². The van der Waals surface area contributed by atoms with Gasteiger partial charge in [-0.1, -0.05) is 35.8 Å². The van der Waals surface area contributed by atoms with Crippen molar-refractivity contribution >= 4 is 21.6 Å². The van der Waals surface area contributed by atoms with Gasteiger partial charge in [0.2, 0.25) is 0 Å². The number of benzene rings is 1. The Hall–Kier alpha value is -0.900. The molecule has 0 radical (unpaired) electrons. The molecule has 0 fully saturated rings. The molecule has 0 aliphatic carbocycles. The molecule has 0 bridgehead atoms. The summed E-state index contributed by atoms with van der Waals surface area (Å²) >= 11 is 3.33. The molecule has 1 aromatic carbocycles. The summed E-state index contributed by atoms with van der Waals surface area (Å²) in [7, 11) is 0. The Morgan fingerprint density at radius 3 is 2.57 bits per heavy atom. The third-order valence-electron chi connectivity index (χ3n) is 2.06. The first kappa shape index (κ1) is 11.2. The Labute approximate surface area is 91.4 Å². The molecule has 0 unspecified atom stereocenters. The highest BCUT2D eigenvalue weighted by Gasteiger charge is 2.16. The molecule has 0 aliphatic heterocycles. The molecule has 0 amide bonds. The van der Waals surface area contributed by atoms with E-state index in [2.05, 4.69) is 15.9 Å². The zero-order valence-corrected chi connectivity index (χ0v) is 9.74. The van der Waals surface area contributed by atoms with Crippen LogP contribution in [0, 0.1) is 10.1 Å². The molecule has 0 saturated carbocycles. The van der Waals surface area contributed by atoms with Gasteiger partial charge in [-0.2, -0.15) is 0 Å². The normalized spacial score (nSPS) is 10.6. The SMILES string of the molecule is CC(C)c1cc(CBr)ccc1[N+](=O)[O-]. The van der Waals surface area contributed by atoms with Crippen LogP contribution in [0.15, 0.2) is 18.2 Å². The zero-order valence-electron chi connectivity index (χ0n) is 8.16. The molecular formula is C10H12BrNO2. The number of alkyl halides is 1.